The van der Waals surface area contributed by atoms with Crippen LogP contribution in [-0.4, -0.2) is 20.5 Å². The molecule has 0 bridgehead atoms. The van der Waals surface area contributed by atoms with E-state index in [2.05, 4.69) is 10.1 Å². The highest BCUT2D eigenvalue weighted by Crippen LogP contribution is 1.99. The van der Waals surface area contributed by atoms with Crippen molar-refractivity contribution in [3.05, 3.63) is 12.7 Å². The zero-order valence-corrected chi connectivity index (χ0v) is 7.40. The van der Waals surface area contributed by atoms with Crippen LogP contribution in [0, 0.1) is 5.92 Å². The van der Waals surface area contributed by atoms with Crippen molar-refractivity contribution in [3.8, 4) is 0 Å². The fourth-order valence-electron chi connectivity index (χ4n) is 0.862. The van der Waals surface area contributed by atoms with Crippen molar-refractivity contribution in [2.24, 2.45) is 5.92 Å². The summed E-state index contributed by atoms with van der Waals surface area (Å²) in [6.45, 7) is 4.45. The van der Waals surface area contributed by atoms with Crippen LogP contribution in [0.5, 0.6) is 0 Å². The average molecular weight is 167 g/mol. The molecule has 0 saturated heterocycles. The normalized spacial score (nSPS) is 10.6. The fourth-order valence-corrected chi connectivity index (χ4v) is 0.862. The van der Waals surface area contributed by atoms with Crippen molar-refractivity contribution in [1.29, 1.82) is 0 Å². The molecule has 0 atom stereocenters. The lowest BCUT2D eigenvalue weighted by molar-refractivity contribution is -0.122. The van der Waals surface area contributed by atoms with Crippen LogP contribution in [0.3, 0.4) is 0 Å². The van der Waals surface area contributed by atoms with Crippen LogP contribution < -0.4 is 0 Å². The van der Waals surface area contributed by atoms with Crippen LogP contribution in [0.25, 0.3) is 0 Å². The molecular formula is C8H13N3O. The molecule has 0 saturated carbocycles. The minimum atomic E-state index is 0.119. The second-order valence-corrected chi connectivity index (χ2v) is 3.03. The minimum absolute atomic E-state index is 0.119. The Hall–Kier alpha value is -1.19. The van der Waals surface area contributed by atoms with Gasteiger partial charge in [-0.25, -0.2) is 4.98 Å². The molecule has 4 nitrogen and oxygen atoms in total. The molecule has 0 aromatic carbocycles. The first-order valence-corrected chi connectivity index (χ1v) is 4.05. The maximum absolute atomic E-state index is 11.2. The predicted molar refractivity (Wildman–Crippen MR) is 44.5 cm³/mol. The number of Topliss-reactive ketones (excluding diaryl/α,β-unsaturated/α-hetero) is 1. The summed E-state index contributed by atoms with van der Waals surface area (Å²) in [7, 11) is 0. The van der Waals surface area contributed by atoms with Gasteiger partial charge in [-0.15, -0.1) is 0 Å². The zero-order valence-electron chi connectivity index (χ0n) is 7.40. The van der Waals surface area contributed by atoms with Crippen LogP contribution in [0.15, 0.2) is 12.7 Å². The van der Waals surface area contributed by atoms with Crippen molar-refractivity contribution in [3.63, 3.8) is 0 Å². The number of carbonyl (C=O) groups is 1. The van der Waals surface area contributed by atoms with E-state index in [9.17, 15) is 4.79 Å². The molecule has 1 heterocycles. The van der Waals surface area contributed by atoms with E-state index in [4.69, 9.17) is 0 Å². The second-order valence-electron chi connectivity index (χ2n) is 3.03. The van der Waals surface area contributed by atoms with E-state index in [1.807, 2.05) is 13.8 Å². The third kappa shape index (κ3) is 2.45. The van der Waals surface area contributed by atoms with Crippen molar-refractivity contribution in [1.82, 2.24) is 14.8 Å². The van der Waals surface area contributed by atoms with Gasteiger partial charge < -0.3 is 0 Å². The van der Waals surface area contributed by atoms with Gasteiger partial charge in [0.15, 0.2) is 0 Å². The molecule has 0 radical (unpaired) electrons. The summed E-state index contributed by atoms with van der Waals surface area (Å²) in [4.78, 5) is 15.0. The Morgan fingerprint density at radius 3 is 2.83 bits per heavy atom. The van der Waals surface area contributed by atoms with Crippen molar-refractivity contribution < 1.29 is 4.79 Å². The lowest BCUT2D eigenvalue weighted by atomic mass is 10.1. The summed E-state index contributed by atoms with van der Waals surface area (Å²) < 4.78 is 1.67. The molecule has 1 aromatic rings. The SMILES string of the molecule is CC(C)C(=O)CCn1cncn1. The first-order chi connectivity index (χ1) is 5.70. The van der Waals surface area contributed by atoms with Crippen LogP contribution in [0.1, 0.15) is 20.3 Å². The molecule has 0 N–H and O–H groups in total. The van der Waals surface area contributed by atoms with Crippen LogP contribution in [-0.2, 0) is 11.3 Å². The highest BCUT2D eigenvalue weighted by molar-refractivity contribution is 5.80. The molecule has 0 aliphatic heterocycles. The average Bonchev–Trinajstić information content (AvgIpc) is 2.51. The van der Waals surface area contributed by atoms with Crippen LogP contribution >= 0.6 is 0 Å². The van der Waals surface area contributed by atoms with Gasteiger partial charge in [0.1, 0.15) is 18.4 Å². The van der Waals surface area contributed by atoms with Crippen LogP contribution in [0.4, 0.5) is 0 Å². The number of aromatic nitrogens is 3. The quantitative estimate of drug-likeness (QED) is 0.669. The monoisotopic (exact) mass is 167 g/mol. The summed E-state index contributed by atoms with van der Waals surface area (Å²) in [6.07, 6.45) is 3.63. The number of carbonyl (C=O) groups excluding carboxylic acids is 1. The van der Waals surface area contributed by atoms with Gasteiger partial charge in [-0.3, -0.25) is 9.48 Å². The molecule has 0 aliphatic rings. The molecule has 1 rings (SSSR count). The number of nitrogens with zero attached hydrogens (tertiary/aromatic N) is 3. The van der Waals surface area contributed by atoms with E-state index in [0.717, 1.165) is 0 Å². The number of ketones is 1. The van der Waals surface area contributed by atoms with Crippen molar-refractivity contribution in [2.45, 2.75) is 26.8 Å². The van der Waals surface area contributed by atoms with Gasteiger partial charge in [0, 0.05) is 18.9 Å². The number of hydrogen-bond donors (Lipinski definition) is 0. The topological polar surface area (TPSA) is 47.8 Å². The van der Waals surface area contributed by atoms with Gasteiger partial charge in [-0.2, -0.15) is 5.10 Å². The van der Waals surface area contributed by atoms with E-state index >= 15 is 0 Å². The summed E-state index contributed by atoms with van der Waals surface area (Å²) in [5.74, 6) is 0.388. The van der Waals surface area contributed by atoms with E-state index < -0.39 is 0 Å². The Morgan fingerprint density at radius 2 is 2.33 bits per heavy atom. The predicted octanol–water partition coefficient (Wildman–Crippen LogP) is 0.893. The fraction of sp³-hybridized carbons (Fsp3) is 0.625. The molecule has 12 heavy (non-hydrogen) atoms. The number of aryl methyl sites for hydroxylation is 1. The van der Waals surface area contributed by atoms with E-state index in [1.165, 1.54) is 6.33 Å². The largest absolute Gasteiger partial charge is 0.299 e. The molecule has 4 heteroatoms. The Balaban J connectivity index is 2.32. The maximum atomic E-state index is 11.2. The molecule has 0 fully saturated rings. The maximum Gasteiger partial charge on any atom is 0.137 e. The Morgan fingerprint density at radius 1 is 1.58 bits per heavy atom. The summed E-state index contributed by atoms with van der Waals surface area (Å²) in [6, 6.07) is 0. The first-order valence-electron chi connectivity index (χ1n) is 4.05. The van der Waals surface area contributed by atoms with E-state index in [-0.39, 0.29) is 11.7 Å². The Kier molecular flexibility index (Phi) is 2.96. The van der Waals surface area contributed by atoms with Gasteiger partial charge in [0.05, 0.1) is 0 Å². The molecule has 66 valence electrons. The highest BCUT2D eigenvalue weighted by atomic mass is 16.1. The summed E-state index contributed by atoms with van der Waals surface area (Å²) >= 11 is 0. The molecule has 0 unspecified atom stereocenters. The van der Waals surface area contributed by atoms with Gasteiger partial charge in [-0.05, 0) is 0 Å². The number of hydrogen-bond acceptors (Lipinski definition) is 3. The standard InChI is InChI=1S/C8H13N3O/c1-7(2)8(12)3-4-11-6-9-5-10-11/h5-7H,3-4H2,1-2H3. The highest BCUT2D eigenvalue weighted by Gasteiger charge is 2.06. The van der Waals surface area contributed by atoms with E-state index in [1.54, 1.807) is 11.0 Å². The zero-order chi connectivity index (χ0) is 8.97. The molecule has 0 amide bonds. The number of rotatable bonds is 4. The molecule has 0 aliphatic carbocycles. The lowest BCUT2D eigenvalue weighted by Crippen LogP contribution is -2.11. The van der Waals surface area contributed by atoms with Gasteiger partial charge in [0.25, 0.3) is 0 Å². The third-order valence-electron chi connectivity index (χ3n) is 1.70. The molecule has 1 aromatic heterocycles. The van der Waals surface area contributed by atoms with E-state index in [0.29, 0.717) is 13.0 Å². The van der Waals surface area contributed by atoms with Gasteiger partial charge >= 0.3 is 0 Å². The molecular weight excluding hydrogens is 154 g/mol. The summed E-state index contributed by atoms with van der Waals surface area (Å²) in [5, 5.41) is 3.90. The van der Waals surface area contributed by atoms with Crippen LogP contribution in [0.2, 0.25) is 0 Å². The smallest absolute Gasteiger partial charge is 0.137 e. The Labute approximate surface area is 71.6 Å². The van der Waals surface area contributed by atoms with Gasteiger partial charge in [0.2, 0.25) is 0 Å². The Bertz CT molecular complexity index is 241. The van der Waals surface area contributed by atoms with Crippen molar-refractivity contribution >= 4 is 5.78 Å². The summed E-state index contributed by atoms with van der Waals surface area (Å²) in [5.41, 5.74) is 0. The third-order valence-corrected chi connectivity index (χ3v) is 1.70. The minimum Gasteiger partial charge on any atom is -0.299 e. The molecule has 0 spiro atoms. The van der Waals surface area contributed by atoms with Gasteiger partial charge in [-0.1, -0.05) is 13.8 Å². The lowest BCUT2D eigenvalue weighted by Gasteiger charge is -2.02. The van der Waals surface area contributed by atoms with Crippen molar-refractivity contribution in [2.75, 3.05) is 0 Å². The second kappa shape index (κ2) is 3.99. The first kappa shape index (κ1) is 8.90.